The second-order valence-corrected chi connectivity index (χ2v) is 16.8. The van der Waals surface area contributed by atoms with Crippen LogP contribution in [-0.4, -0.2) is 117 Å². The third kappa shape index (κ3) is 7.27. The van der Waals surface area contributed by atoms with Crippen LogP contribution in [0.2, 0.25) is 0 Å². The van der Waals surface area contributed by atoms with Crippen LogP contribution in [0.3, 0.4) is 0 Å². The Morgan fingerprint density at radius 1 is 0.879 bits per heavy atom. The van der Waals surface area contributed by atoms with Gasteiger partial charge >= 0.3 is 13.5 Å². The summed E-state index contributed by atoms with van der Waals surface area (Å²) < 4.78 is 67.4. The molecular formula is C17H33B2NO9P2S2. The van der Waals surface area contributed by atoms with E-state index in [2.05, 4.69) is 0 Å². The first kappa shape index (κ1) is 30.2. The molecule has 2 heterocycles. The van der Waals surface area contributed by atoms with Crippen LogP contribution in [-0.2, 0) is 41.6 Å². The molecule has 2 saturated heterocycles. The molecule has 10 atom stereocenters. The molecule has 0 bridgehead atoms. The largest absolute Gasteiger partial charge is 0.389 e. The van der Waals surface area contributed by atoms with E-state index in [0.29, 0.717) is 0 Å². The number of rotatable bonds is 13. The van der Waals surface area contributed by atoms with Gasteiger partial charge in [-0.05, 0) is 38.0 Å². The fraction of sp³-hybridized carbons (Fsp3) is 1.00. The topological polar surface area (TPSA) is 102 Å². The van der Waals surface area contributed by atoms with E-state index in [0.717, 1.165) is 22.8 Å². The summed E-state index contributed by atoms with van der Waals surface area (Å²) in [6.07, 6.45) is 0.206. The standard InChI is InChI=1S/C17H33B2NO9P2S2/c1-10-11(27-16(18)13(10)23-4)8-26-31(22,33-7)29-14-12(28-17(19)15(14)24-5)9-25-30(21,32-6)20(2)3/h10-17H,8-9H2,1-7H3/t10?,11-,12-,13?,14?,15?,16-,17-,30?,31?/m1/s1. The summed E-state index contributed by atoms with van der Waals surface area (Å²) in [5.41, 5.74) is 0. The van der Waals surface area contributed by atoms with Gasteiger partial charge in [-0.1, -0.05) is 18.3 Å². The minimum Gasteiger partial charge on any atom is -0.379 e. The van der Waals surface area contributed by atoms with Crippen molar-refractivity contribution in [2.75, 3.05) is 54.0 Å². The molecule has 4 radical (unpaired) electrons. The molecular weight excluding hydrogens is 510 g/mol. The number of hydrogen-bond donors (Lipinski definition) is 0. The average molecular weight is 543 g/mol. The van der Waals surface area contributed by atoms with Gasteiger partial charge in [0.05, 0.1) is 25.4 Å². The smallest absolute Gasteiger partial charge is 0.379 e. The highest BCUT2D eigenvalue weighted by atomic mass is 32.7. The normalized spacial score (nSPS) is 38.4. The van der Waals surface area contributed by atoms with E-state index in [-0.39, 0.29) is 25.2 Å². The third-order valence-corrected chi connectivity index (χ3v) is 13.6. The Balaban J connectivity index is 2.09. The van der Waals surface area contributed by atoms with Gasteiger partial charge in [0, 0.05) is 32.1 Å². The Morgan fingerprint density at radius 3 is 1.91 bits per heavy atom. The van der Waals surface area contributed by atoms with Gasteiger partial charge in [-0.25, -0.2) is 9.24 Å². The van der Waals surface area contributed by atoms with Crippen LogP contribution < -0.4 is 0 Å². The molecule has 0 aromatic heterocycles. The summed E-state index contributed by atoms with van der Waals surface area (Å²) in [5.74, 6) is -0.0665. The van der Waals surface area contributed by atoms with Crippen LogP contribution in [0.25, 0.3) is 0 Å². The molecule has 0 spiro atoms. The summed E-state index contributed by atoms with van der Waals surface area (Å²) in [6, 6.07) is -1.45. The Hall–Kier alpha value is 0.970. The van der Waals surface area contributed by atoms with Gasteiger partial charge in [0.2, 0.25) is 0 Å². The lowest BCUT2D eigenvalue weighted by atomic mass is 9.89. The molecule has 2 rings (SSSR count). The minimum atomic E-state index is -3.68. The molecule has 10 nitrogen and oxygen atoms in total. The molecule has 0 aromatic rings. The lowest BCUT2D eigenvalue weighted by Gasteiger charge is -2.29. The maximum atomic E-state index is 13.5. The van der Waals surface area contributed by atoms with Crippen molar-refractivity contribution in [1.82, 2.24) is 4.67 Å². The van der Waals surface area contributed by atoms with Crippen LogP contribution in [0.5, 0.6) is 0 Å². The van der Waals surface area contributed by atoms with Crippen molar-refractivity contribution in [1.29, 1.82) is 0 Å². The first-order valence-corrected chi connectivity index (χ1v) is 17.1. The molecule has 16 heteroatoms. The highest BCUT2D eigenvalue weighted by molar-refractivity contribution is 8.55. The van der Waals surface area contributed by atoms with E-state index in [9.17, 15) is 9.13 Å². The Bertz CT molecular complexity index is 728. The van der Waals surface area contributed by atoms with Crippen molar-refractivity contribution in [2.24, 2.45) is 5.92 Å². The van der Waals surface area contributed by atoms with Crippen molar-refractivity contribution < 1.29 is 41.6 Å². The molecule has 0 aliphatic carbocycles. The predicted molar refractivity (Wildman–Crippen MR) is 132 cm³/mol. The van der Waals surface area contributed by atoms with E-state index >= 15 is 0 Å². The summed E-state index contributed by atoms with van der Waals surface area (Å²) >= 11 is 2.03. The monoisotopic (exact) mass is 543 g/mol. The van der Waals surface area contributed by atoms with Gasteiger partial charge in [0.25, 0.3) is 0 Å². The molecule has 33 heavy (non-hydrogen) atoms. The van der Waals surface area contributed by atoms with Crippen LogP contribution in [0.4, 0.5) is 0 Å². The van der Waals surface area contributed by atoms with Gasteiger partial charge < -0.3 is 23.5 Å². The molecule has 6 unspecified atom stereocenters. The van der Waals surface area contributed by atoms with E-state index < -0.39 is 49.9 Å². The second-order valence-electron chi connectivity index (χ2n) is 7.83. The van der Waals surface area contributed by atoms with Crippen molar-refractivity contribution in [2.45, 2.75) is 49.5 Å². The van der Waals surface area contributed by atoms with E-state index in [1.165, 1.54) is 11.8 Å². The van der Waals surface area contributed by atoms with Gasteiger partial charge in [-0.3, -0.25) is 13.6 Å². The van der Waals surface area contributed by atoms with Gasteiger partial charge in [-0.15, -0.1) is 0 Å². The van der Waals surface area contributed by atoms with E-state index in [1.54, 1.807) is 33.7 Å². The highest BCUT2D eigenvalue weighted by Gasteiger charge is 2.48. The molecule has 0 saturated carbocycles. The Kier molecular flexibility index (Phi) is 11.9. The van der Waals surface area contributed by atoms with Crippen molar-refractivity contribution in [3.05, 3.63) is 0 Å². The molecule has 2 fully saturated rings. The van der Waals surface area contributed by atoms with Crippen LogP contribution in [0.15, 0.2) is 0 Å². The first-order chi connectivity index (χ1) is 15.4. The highest BCUT2D eigenvalue weighted by Crippen LogP contribution is 2.62. The molecule has 0 N–H and O–H groups in total. The van der Waals surface area contributed by atoms with Crippen LogP contribution in [0, 0.1) is 5.92 Å². The van der Waals surface area contributed by atoms with Gasteiger partial charge in [0.1, 0.15) is 34.0 Å². The number of nitrogens with zero attached hydrogens (tertiary/aromatic N) is 1. The first-order valence-electron chi connectivity index (χ1n) is 10.3. The second kappa shape index (κ2) is 13.0. The molecule has 0 aromatic carbocycles. The summed E-state index contributed by atoms with van der Waals surface area (Å²) in [4.78, 5) is 0. The molecule has 2 aliphatic rings. The number of ether oxygens (including phenoxy) is 4. The molecule has 2 aliphatic heterocycles. The van der Waals surface area contributed by atoms with E-state index in [1.807, 2.05) is 6.92 Å². The zero-order chi connectivity index (χ0) is 25.0. The summed E-state index contributed by atoms with van der Waals surface area (Å²) in [6.45, 7) is -4.99. The minimum absolute atomic E-state index is 0.00635. The number of hydrogen-bond acceptors (Lipinski definition) is 11. The van der Waals surface area contributed by atoms with Gasteiger partial charge in [-0.2, -0.15) is 0 Å². The third-order valence-electron chi connectivity index (χ3n) is 5.64. The maximum Gasteiger partial charge on any atom is 0.389 e. The van der Waals surface area contributed by atoms with Gasteiger partial charge in [0.15, 0.2) is 0 Å². The fourth-order valence-electron chi connectivity index (χ4n) is 3.68. The SMILES string of the molecule is [B][C@@H]1O[C@H](COP(=O)(OC2C(OC)[C@H]([B])O[C@@H]2COP(=O)(SC)N(C)C)SC)C(C)C1OC. The lowest BCUT2D eigenvalue weighted by Crippen LogP contribution is -2.38. The Labute approximate surface area is 207 Å². The quantitative estimate of drug-likeness (QED) is 0.252. The van der Waals surface area contributed by atoms with Crippen LogP contribution >= 0.6 is 36.3 Å². The lowest BCUT2D eigenvalue weighted by molar-refractivity contribution is -0.00943. The predicted octanol–water partition coefficient (Wildman–Crippen LogP) is 2.36. The van der Waals surface area contributed by atoms with Crippen molar-refractivity contribution >= 4 is 52.0 Å². The van der Waals surface area contributed by atoms with Crippen LogP contribution in [0.1, 0.15) is 6.92 Å². The molecule has 188 valence electrons. The van der Waals surface area contributed by atoms with Crippen molar-refractivity contribution in [3.8, 4) is 0 Å². The zero-order valence-corrected chi connectivity index (χ0v) is 23.4. The maximum absolute atomic E-state index is 13.5. The summed E-state index contributed by atoms with van der Waals surface area (Å²) in [7, 11) is 18.3. The fourth-order valence-corrected chi connectivity index (χ4v) is 8.35. The Morgan fingerprint density at radius 2 is 1.42 bits per heavy atom. The van der Waals surface area contributed by atoms with Crippen molar-refractivity contribution in [3.63, 3.8) is 0 Å². The number of methoxy groups -OCH3 is 2. The molecule has 0 amide bonds. The zero-order valence-electron chi connectivity index (χ0n) is 20.0. The average Bonchev–Trinajstić information content (AvgIpc) is 3.23. The summed E-state index contributed by atoms with van der Waals surface area (Å²) in [5, 5.41) is 0. The van der Waals surface area contributed by atoms with E-state index in [4.69, 9.17) is 48.2 Å².